The number of aromatic hydroxyl groups is 2. The third-order valence-corrected chi connectivity index (χ3v) is 13.0. The Kier molecular flexibility index (Phi) is 20.5. The highest BCUT2D eigenvalue weighted by Gasteiger charge is 2.34. The molecule has 75 heavy (non-hydrogen) atoms. The van der Waals surface area contributed by atoms with Gasteiger partial charge in [-0.15, -0.1) is 16.6 Å². The molecule has 5 heterocycles. The molecular weight excluding hydrogens is 961 g/mol. The number of phenols is 2. The van der Waals surface area contributed by atoms with Crippen LogP contribution in [0.1, 0.15) is 87.2 Å². The number of nitrogens with zero attached hydrogens (tertiary/aromatic N) is 13. The summed E-state index contributed by atoms with van der Waals surface area (Å²) in [6.45, 7) is 14.3. The van der Waals surface area contributed by atoms with Gasteiger partial charge in [-0.3, -0.25) is 9.59 Å². The molecular formula is C52H74N16O7. The number of phenolic OH excluding ortho intramolecular Hbond substituents is 2. The van der Waals surface area contributed by atoms with E-state index in [0.29, 0.717) is 146 Å². The maximum atomic E-state index is 14.5. The van der Waals surface area contributed by atoms with Crippen molar-refractivity contribution in [3.05, 3.63) is 83.4 Å². The van der Waals surface area contributed by atoms with Crippen molar-refractivity contribution in [3.8, 4) is 23.8 Å². The Morgan fingerprint density at radius 2 is 1.04 bits per heavy atom. The number of rotatable bonds is 27. The highest BCUT2D eigenvalue weighted by Crippen LogP contribution is 2.27. The number of nitrogens with one attached hydrogen (secondary N) is 1. The van der Waals surface area contributed by atoms with Crippen LogP contribution in [0, 0.1) is 24.2 Å². The van der Waals surface area contributed by atoms with Crippen molar-refractivity contribution < 1.29 is 34.0 Å². The number of ether oxygens (including phenoxy) is 3. The van der Waals surface area contributed by atoms with Crippen LogP contribution in [0.2, 0.25) is 0 Å². The Labute approximate surface area is 438 Å². The van der Waals surface area contributed by atoms with Gasteiger partial charge >= 0.3 is 0 Å². The fourth-order valence-electron chi connectivity index (χ4n) is 8.98. The molecule has 7 rings (SSSR count). The highest BCUT2D eigenvalue weighted by atomic mass is 16.5. The van der Waals surface area contributed by atoms with E-state index in [0.717, 1.165) is 24.0 Å². The first-order chi connectivity index (χ1) is 36.2. The van der Waals surface area contributed by atoms with Gasteiger partial charge < -0.3 is 60.8 Å². The second kappa shape index (κ2) is 27.5. The molecule has 2 saturated heterocycles. The van der Waals surface area contributed by atoms with E-state index >= 15 is 0 Å². The zero-order valence-electron chi connectivity index (χ0n) is 43.7. The quantitative estimate of drug-likeness (QED) is 0.0373. The predicted molar refractivity (Wildman–Crippen MR) is 282 cm³/mol. The molecule has 2 aliphatic heterocycles. The van der Waals surface area contributed by atoms with Crippen molar-refractivity contribution in [3.63, 3.8) is 0 Å². The monoisotopic (exact) mass is 1030 g/mol. The lowest BCUT2D eigenvalue weighted by Crippen LogP contribution is -2.52. The molecule has 0 bridgehead atoms. The van der Waals surface area contributed by atoms with E-state index in [2.05, 4.69) is 59.6 Å². The lowest BCUT2D eigenvalue weighted by Gasteiger charge is -2.38. The summed E-state index contributed by atoms with van der Waals surface area (Å²) in [5, 5.41) is 40.8. The first-order valence-corrected chi connectivity index (χ1v) is 25.9. The number of piperazine rings is 2. The summed E-state index contributed by atoms with van der Waals surface area (Å²) >= 11 is 0. The summed E-state index contributed by atoms with van der Waals surface area (Å²) in [5.41, 5.74) is 15.9. The Morgan fingerprint density at radius 1 is 0.627 bits per heavy atom. The minimum Gasteiger partial charge on any atom is -0.508 e. The molecule has 0 aliphatic carbocycles. The normalized spacial score (nSPS) is 15.8. The van der Waals surface area contributed by atoms with Crippen molar-refractivity contribution in [1.82, 2.24) is 54.7 Å². The van der Waals surface area contributed by atoms with Gasteiger partial charge in [0.05, 0.1) is 68.9 Å². The molecule has 2 amide bonds. The summed E-state index contributed by atoms with van der Waals surface area (Å²) in [7, 11) is 0. The predicted octanol–water partition coefficient (Wildman–Crippen LogP) is 2.92. The van der Waals surface area contributed by atoms with Crippen LogP contribution < -0.4 is 26.6 Å². The topological polar surface area (TPSA) is 279 Å². The summed E-state index contributed by atoms with van der Waals surface area (Å²) in [6.07, 6.45) is 10.9. The van der Waals surface area contributed by atoms with Crippen LogP contribution in [-0.4, -0.2) is 175 Å². The maximum Gasteiger partial charge on any atom is 0.247 e. The van der Waals surface area contributed by atoms with Gasteiger partial charge in [0.15, 0.2) is 0 Å². The van der Waals surface area contributed by atoms with E-state index in [4.69, 9.17) is 47.1 Å². The Balaban J connectivity index is 1.04. The molecule has 0 saturated carbocycles. The lowest BCUT2D eigenvalue weighted by molar-refractivity contribution is -0.136. The number of hydrogen-bond acceptors (Lipinski definition) is 19. The van der Waals surface area contributed by atoms with Crippen LogP contribution >= 0.6 is 0 Å². The molecule has 2 fully saturated rings. The van der Waals surface area contributed by atoms with Crippen molar-refractivity contribution in [2.75, 3.05) is 114 Å². The fourth-order valence-corrected chi connectivity index (χ4v) is 8.98. The fraction of sp³-hybridized carbons (Fsp3) is 0.558. The molecule has 7 N–H and O–H groups in total. The van der Waals surface area contributed by atoms with Gasteiger partial charge in [-0.2, -0.15) is 15.0 Å². The van der Waals surface area contributed by atoms with Crippen LogP contribution in [0.5, 0.6) is 11.5 Å². The summed E-state index contributed by atoms with van der Waals surface area (Å²) in [6, 6.07) is 11.6. The number of anilines is 3. The number of terminal acetylenes is 1. The molecule has 404 valence electrons. The van der Waals surface area contributed by atoms with Gasteiger partial charge in [0.1, 0.15) is 30.2 Å². The number of carbonyl (C=O) groups is 2. The van der Waals surface area contributed by atoms with Gasteiger partial charge in [0.25, 0.3) is 0 Å². The molecule has 2 aromatic carbocycles. The van der Waals surface area contributed by atoms with Crippen molar-refractivity contribution in [2.24, 2.45) is 23.3 Å². The lowest BCUT2D eigenvalue weighted by atomic mass is 10.0. The third kappa shape index (κ3) is 16.3. The van der Waals surface area contributed by atoms with Gasteiger partial charge in [-0.1, -0.05) is 68.3 Å². The molecule has 0 unspecified atom stereocenters. The van der Waals surface area contributed by atoms with Crippen molar-refractivity contribution >= 4 is 29.7 Å². The van der Waals surface area contributed by atoms with Crippen LogP contribution in [0.3, 0.4) is 0 Å². The highest BCUT2D eigenvalue weighted by molar-refractivity contribution is 5.81. The van der Waals surface area contributed by atoms with Crippen LogP contribution in [0.25, 0.3) is 0 Å². The zero-order valence-corrected chi connectivity index (χ0v) is 43.7. The molecule has 0 spiro atoms. The average molecular weight is 1040 g/mol. The second-order valence-electron chi connectivity index (χ2n) is 19.8. The van der Waals surface area contributed by atoms with E-state index in [1.165, 1.54) is 0 Å². The van der Waals surface area contributed by atoms with Crippen LogP contribution in [0.15, 0.2) is 60.9 Å². The Morgan fingerprint density at radius 3 is 1.45 bits per heavy atom. The maximum absolute atomic E-state index is 14.5. The molecule has 2 aliphatic rings. The minimum atomic E-state index is -0.704. The number of amides is 2. The minimum absolute atomic E-state index is 0.116. The molecule has 4 atom stereocenters. The van der Waals surface area contributed by atoms with Crippen LogP contribution in [-0.2, 0) is 36.6 Å². The first-order valence-electron chi connectivity index (χ1n) is 25.9. The van der Waals surface area contributed by atoms with Gasteiger partial charge in [-0.05, 0) is 60.1 Å². The molecule has 23 heteroatoms. The third-order valence-electron chi connectivity index (χ3n) is 13.0. The zero-order chi connectivity index (χ0) is 53.3. The van der Waals surface area contributed by atoms with Gasteiger partial charge in [0, 0.05) is 71.7 Å². The molecule has 23 nitrogen and oxygen atoms in total. The van der Waals surface area contributed by atoms with E-state index in [9.17, 15) is 19.8 Å². The largest absolute Gasteiger partial charge is 0.508 e. The Hall–Kier alpha value is -6.97. The molecule has 3 aromatic heterocycles. The second-order valence-corrected chi connectivity index (χ2v) is 19.8. The Bertz CT molecular complexity index is 2430. The number of carbonyl (C=O) groups excluding carboxylic acids is 2. The average Bonchev–Trinajstić information content (AvgIpc) is 4.11. The molecule has 0 radical (unpaired) electrons. The van der Waals surface area contributed by atoms with Crippen molar-refractivity contribution in [2.45, 2.75) is 77.5 Å². The van der Waals surface area contributed by atoms with Gasteiger partial charge in [-0.25, -0.2) is 9.36 Å². The van der Waals surface area contributed by atoms with E-state index in [1.807, 2.05) is 19.6 Å². The number of benzene rings is 2. The number of hydrogen-bond donors (Lipinski definition) is 5. The molecule has 5 aromatic rings. The number of aromatic nitrogens is 9. The smallest absolute Gasteiger partial charge is 0.247 e. The summed E-state index contributed by atoms with van der Waals surface area (Å²) in [4.78, 5) is 51.5. The summed E-state index contributed by atoms with van der Waals surface area (Å²) < 4.78 is 19.8. The number of nitrogens with two attached hydrogens (primary N) is 2. The first kappa shape index (κ1) is 55.8. The SMILES string of the molecule is C#CCOCCOCCOCCNc1nc(N2CCN(C(=O)[C@H](Cc3ccc(O)cc3)n3cc([C@@H](N)CC(C)C)nn3)CC2)nc(N2CCN(C(=O)[C@H](Cc3ccc(O)cc3)n3cc([C@@H](N)CC(C)C)nn3)CC2)n1. The standard InChI is InChI=1S/C52H74N16O7/c1-6-24-73-26-28-75-29-27-74-25-15-55-50-56-51(65-20-16-63(17-21-65)48(71)46(32-38-7-11-40(69)12-8-38)67-34-44(59-61-67)42(53)30-36(2)3)58-52(57-50)66-22-18-64(19-23-66)49(72)47(33-39-9-13-41(70)14-10-39)68-35-45(60-62-68)43(54)31-37(4)5/h1,7-14,34-37,42-43,46-47,69-70H,15-33,53-54H2,2-5H3,(H,55,56,57,58)/t42-,43-,46-,47-/m0/s1. The van der Waals surface area contributed by atoms with Crippen LogP contribution in [0.4, 0.5) is 17.8 Å². The van der Waals surface area contributed by atoms with E-state index < -0.39 is 12.1 Å². The van der Waals surface area contributed by atoms with Crippen molar-refractivity contribution in [1.29, 1.82) is 0 Å². The van der Waals surface area contributed by atoms with E-state index in [-0.39, 0.29) is 42.0 Å². The van der Waals surface area contributed by atoms with Gasteiger partial charge in [0.2, 0.25) is 29.7 Å². The van der Waals surface area contributed by atoms with E-state index in [1.54, 1.807) is 70.3 Å². The summed E-state index contributed by atoms with van der Waals surface area (Å²) in [5.74, 6) is 4.43.